The highest BCUT2D eigenvalue weighted by molar-refractivity contribution is 5.97. The number of aromatic nitrogens is 2. The summed E-state index contributed by atoms with van der Waals surface area (Å²) in [6.07, 6.45) is 2.04. The van der Waals surface area contributed by atoms with E-state index in [2.05, 4.69) is 20.2 Å². The summed E-state index contributed by atoms with van der Waals surface area (Å²) in [6, 6.07) is 5.81. The molecule has 154 valence electrons. The van der Waals surface area contributed by atoms with Gasteiger partial charge in [-0.2, -0.15) is 13.8 Å². The van der Waals surface area contributed by atoms with Gasteiger partial charge in [0.25, 0.3) is 5.91 Å². The van der Waals surface area contributed by atoms with Crippen LogP contribution in [-0.2, 0) is 6.42 Å². The number of para-hydroxylation sites is 1. The fourth-order valence-electron chi connectivity index (χ4n) is 3.12. The molecule has 2 aromatic rings. The fraction of sp³-hybridized carbons (Fsp3) is 0.500. The maximum Gasteiger partial charge on any atom is 0.387 e. The van der Waals surface area contributed by atoms with Crippen LogP contribution < -0.4 is 10.1 Å². The van der Waals surface area contributed by atoms with Gasteiger partial charge in [-0.05, 0) is 38.9 Å². The van der Waals surface area contributed by atoms with Crippen molar-refractivity contribution in [2.24, 2.45) is 0 Å². The van der Waals surface area contributed by atoms with Crippen LogP contribution in [0.5, 0.6) is 5.75 Å². The van der Waals surface area contributed by atoms with Gasteiger partial charge in [0.05, 0.1) is 5.56 Å². The molecule has 2 atom stereocenters. The molecule has 0 aliphatic carbocycles. The van der Waals surface area contributed by atoms with Crippen molar-refractivity contribution in [1.82, 2.24) is 20.4 Å². The lowest BCUT2D eigenvalue weighted by Gasteiger charge is -2.23. The number of alkyl halides is 2. The summed E-state index contributed by atoms with van der Waals surface area (Å²) in [5.74, 6) is 0.397. The summed E-state index contributed by atoms with van der Waals surface area (Å²) in [4.78, 5) is 19.0. The van der Waals surface area contributed by atoms with Crippen LogP contribution in [0.1, 0.15) is 47.9 Å². The lowest BCUT2D eigenvalue weighted by Crippen LogP contribution is -2.31. The summed E-state index contributed by atoms with van der Waals surface area (Å²) in [6.45, 7) is -0.514. The van der Waals surface area contributed by atoms with E-state index in [0.29, 0.717) is 31.1 Å². The van der Waals surface area contributed by atoms with Gasteiger partial charge in [-0.3, -0.25) is 4.79 Å². The molecule has 0 spiro atoms. The molecule has 1 fully saturated rings. The average Bonchev–Trinajstić information content (AvgIpc) is 3.30. The SMILES string of the molecule is CNC(C)Cc1noc(C2CCCN2C(=O)c2ccccc2OC(F)F)n1.Cl. The summed E-state index contributed by atoms with van der Waals surface area (Å²) in [7, 11) is 1.85. The molecular formula is C18H23ClF2N4O3. The number of benzene rings is 1. The predicted octanol–water partition coefficient (Wildman–Crippen LogP) is 3.22. The number of nitrogens with one attached hydrogen (secondary N) is 1. The summed E-state index contributed by atoms with van der Waals surface area (Å²) >= 11 is 0. The Balaban J connectivity index is 0.00000280. The van der Waals surface area contributed by atoms with Crippen molar-refractivity contribution in [3.8, 4) is 5.75 Å². The maximum atomic E-state index is 13.0. The Morgan fingerprint density at radius 3 is 2.89 bits per heavy atom. The number of carbonyl (C=O) groups is 1. The number of nitrogens with zero attached hydrogens (tertiary/aromatic N) is 3. The summed E-state index contributed by atoms with van der Waals surface area (Å²) in [5.41, 5.74) is 0.0910. The molecule has 0 saturated carbocycles. The third kappa shape index (κ3) is 4.96. The zero-order valence-corrected chi connectivity index (χ0v) is 16.4. The number of likely N-dealkylation sites (tertiary alicyclic amines) is 1. The van der Waals surface area contributed by atoms with Crippen molar-refractivity contribution in [2.45, 2.75) is 44.9 Å². The lowest BCUT2D eigenvalue weighted by atomic mass is 10.1. The van der Waals surface area contributed by atoms with Crippen LogP contribution in [0.4, 0.5) is 8.78 Å². The van der Waals surface area contributed by atoms with E-state index in [-0.39, 0.29) is 35.8 Å². The molecule has 1 aromatic heterocycles. The predicted molar refractivity (Wildman–Crippen MR) is 99.9 cm³/mol. The van der Waals surface area contributed by atoms with Crippen molar-refractivity contribution in [2.75, 3.05) is 13.6 Å². The van der Waals surface area contributed by atoms with Crippen LogP contribution in [0.3, 0.4) is 0 Å². The molecular weight excluding hydrogens is 394 g/mol. The third-order valence-corrected chi connectivity index (χ3v) is 4.60. The van der Waals surface area contributed by atoms with Crippen LogP contribution in [0, 0.1) is 0 Å². The average molecular weight is 417 g/mol. The Morgan fingerprint density at radius 2 is 2.18 bits per heavy atom. The topological polar surface area (TPSA) is 80.5 Å². The number of rotatable bonds is 7. The summed E-state index contributed by atoms with van der Waals surface area (Å²) < 4.78 is 35.1. The number of carbonyl (C=O) groups excluding carboxylic acids is 1. The number of halogens is 3. The van der Waals surface area contributed by atoms with Gasteiger partial charge in [0, 0.05) is 19.0 Å². The van der Waals surface area contributed by atoms with Crippen molar-refractivity contribution in [3.05, 3.63) is 41.5 Å². The molecule has 0 bridgehead atoms. The second-order valence-corrected chi connectivity index (χ2v) is 6.47. The molecule has 1 aromatic carbocycles. The van der Waals surface area contributed by atoms with Crippen LogP contribution >= 0.6 is 12.4 Å². The van der Waals surface area contributed by atoms with Gasteiger partial charge >= 0.3 is 6.61 Å². The molecule has 10 heteroatoms. The minimum Gasteiger partial charge on any atom is -0.434 e. The van der Waals surface area contributed by atoms with Crippen molar-refractivity contribution in [3.63, 3.8) is 0 Å². The number of ether oxygens (including phenoxy) is 1. The van der Waals surface area contributed by atoms with Crippen LogP contribution in [-0.4, -0.2) is 47.2 Å². The minimum absolute atomic E-state index is 0. The highest BCUT2D eigenvalue weighted by Gasteiger charge is 2.35. The lowest BCUT2D eigenvalue weighted by molar-refractivity contribution is -0.0503. The molecule has 1 N–H and O–H groups in total. The van der Waals surface area contributed by atoms with Gasteiger partial charge in [-0.1, -0.05) is 17.3 Å². The molecule has 3 rings (SSSR count). The van der Waals surface area contributed by atoms with E-state index >= 15 is 0 Å². The van der Waals surface area contributed by atoms with Crippen LogP contribution in [0.25, 0.3) is 0 Å². The Bertz CT molecular complexity index is 790. The molecule has 2 heterocycles. The van der Waals surface area contributed by atoms with Crippen LogP contribution in [0.15, 0.2) is 28.8 Å². The normalized spacial score (nSPS) is 17.5. The number of amides is 1. The van der Waals surface area contributed by atoms with Gasteiger partial charge in [0.2, 0.25) is 5.89 Å². The van der Waals surface area contributed by atoms with E-state index in [9.17, 15) is 13.6 Å². The number of hydrogen-bond acceptors (Lipinski definition) is 6. The van der Waals surface area contributed by atoms with Gasteiger partial charge in [-0.25, -0.2) is 0 Å². The zero-order chi connectivity index (χ0) is 19.4. The molecule has 0 radical (unpaired) electrons. The molecule has 1 aliphatic heterocycles. The second kappa shape index (κ2) is 9.79. The van der Waals surface area contributed by atoms with E-state index < -0.39 is 12.5 Å². The first-order valence-electron chi connectivity index (χ1n) is 8.84. The van der Waals surface area contributed by atoms with Crippen molar-refractivity contribution >= 4 is 18.3 Å². The highest BCUT2D eigenvalue weighted by Crippen LogP contribution is 2.34. The molecule has 1 saturated heterocycles. The largest absolute Gasteiger partial charge is 0.434 e. The smallest absolute Gasteiger partial charge is 0.387 e. The standard InChI is InChI=1S/C18H22F2N4O3.ClH/c1-11(21-2)10-15-22-16(27-23-15)13-7-5-9-24(13)17(25)12-6-3-4-8-14(12)26-18(19)20;/h3-4,6,8,11,13,18,21H,5,7,9-10H2,1-2H3;1H. The van der Waals surface area contributed by atoms with Gasteiger partial charge in [-0.15, -0.1) is 12.4 Å². The quantitative estimate of drug-likeness (QED) is 0.746. The first kappa shape index (κ1) is 22.0. The Hall–Kier alpha value is -2.26. The summed E-state index contributed by atoms with van der Waals surface area (Å²) in [5, 5.41) is 7.09. The van der Waals surface area contributed by atoms with Gasteiger partial charge < -0.3 is 19.5 Å². The third-order valence-electron chi connectivity index (χ3n) is 4.60. The second-order valence-electron chi connectivity index (χ2n) is 6.47. The van der Waals surface area contributed by atoms with Gasteiger partial charge in [0.1, 0.15) is 11.8 Å². The van der Waals surface area contributed by atoms with E-state index in [1.807, 2.05) is 14.0 Å². The Labute approximate surface area is 167 Å². The van der Waals surface area contributed by atoms with E-state index in [0.717, 1.165) is 6.42 Å². The molecule has 28 heavy (non-hydrogen) atoms. The Kier molecular flexibility index (Phi) is 7.70. The van der Waals surface area contributed by atoms with Crippen molar-refractivity contribution < 1.29 is 22.8 Å². The highest BCUT2D eigenvalue weighted by atomic mass is 35.5. The molecule has 1 amide bonds. The van der Waals surface area contributed by atoms with Gasteiger partial charge in [0.15, 0.2) is 5.82 Å². The van der Waals surface area contributed by atoms with E-state index in [4.69, 9.17) is 4.52 Å². The van der Waals surface area contributed by atoms with Crippen LogP contribution in [0.2, 0.25) is 0 Å². The molecule has 2 unspecified atom stereocenters. The molecule has 1 aliphatic rings. The van der Waals surface area contributed by atoms with E-state index in [1.54, 1.807) is 17.0 Å². The van der Waals surface area contributed by atoms with E-state index in [1.165, 1.54) is 12.1 Å². The number of hydrogen-bond donors (Lipinski definition) is 1. The van der Waals surface area contributed by atoms with Crippen molar-refractivity contribution in [1.29, 1.82) is 0 Å². The Morgan fingerprint density at radius 1 is 1.43 bits per heavy atom. The fourth-order valence-corrected chi connectivity index (χ4v) is 3.12. The minimum atomic E-state index is -3.00. The first-order valence-corrected chi connectivity index (χ1v) is 8.84. The monoisotopic (exact) mass is 416 g/mol. The first-order chi connectivity index (χ1) is 13.0. The number of likely N-dealkylation sites (N-methyl/N-ethyl adjacent to an activating group) is 1. The maximum absolute atomic E-state index is 13.0. The molecule has 7 nitrogen and oxygen atoms in total. The zero-order valence-electron chi connectivity index (χ0n) is 15.6.